The molecule has 0 aromatic heterocycles. The molecule has 1 saturated carbocycles. The van der Waals surface area contributed by atoms with Crippen LogP contribution in [0.1, 0.15) is 45.4 Å². The van der Waals surface area contributed by atoms with Crippen LogP contribution < -0.4 is 0 Å². The first-order valence-electron chi connectivity index (χ1n) is 7.95. The van der Waals surface area contributed by atoms with Gasteiger partial charge < -0.3 is 4.90 Å². The topological polar surface area (TPSA) is 30.3 Å². The summed E-state index contributed by atoms with van der Waals surface area (Å²) in [5.74, 6) is 1.11. The largest absolute Gasteiger partial charge is 0.308 e. The van der Waals surface area contributed by atoms with E-state index in [2.05, 4.69) is 36.9 Å². The molecule has 0 spiro atoms. The molecule has 4 atom stereocenters. The maximum absolute atomic E-state index is 9.46. The lowest BCUT2D eigenvalue weighted by Gasteiger charge is -2.41. The summed E-state index contributed by atoms with van der Waals surface area (Å²) >= 11 is 0. The number of hydrogen-bond acceptors (Lipinski definition) is 3. The molecule has 1 heterocycles. The van der Waals surface area contributed by atoms with Crippen LogP contribution in [-0.2, 0) is 0 Å². The predicted molar refractivity (Wildman–Crippen MR) is 78.8 cm³/mol. The van der Waals surface area contributed by atoms with Crippen LogP contribution >= 0.6 is 0 Å². The molecule has 1 aliphatic carbocycles. The fraction of sp³-hybridized carbons (Fsp3) is 0.938. The lowest BCUT2D eigenvalue weighted by Crippen LogP contribution is -2.49. The predicted octanol–water partition coefficient (Wildman–Crippen LogP) is 2.73. The molecule has 0 bridgehead atoms. The van der Waals surface area contributed by atoms with Gasteiger partial charge >= 0.3 is 0 Å². The lowest BCUT2D eigenvalue weighted by atomic mass is 9.77. The molecule has 4 unspecified atom stereocenters. The normalized spacial score (nSPS) is 36.6. The van der Waals surface area contributed by atoms with E-state index >= 15 is 0 Å². The molecule has 3 heteroatoms. The molecule has 2 fully saturated rings. The highest BCUT2D eigenvalue weighted by Gasteiger charge is 2.38. The van der Waals surface area contributed by atoms with Crippen molar-refractivity contribution in [1.82, 2.24) is 9.80 Å². The first-order chi connectivity index (χ1) is 9.15. The number of likely N-dealkylation sites (tertiary alicyclic amines) is 1. The molecule has 0 radical (unpaired) electrons. The maximum Gasteiger partial charge on any atom is 0.0672 e. The maximum atomic E-state index is 9.46. The monoisotopic (exact) mass is 263 g/mol. The summed E-state index contributed by atoms with van der Waals surface area (Å²) < 4.78 is 0. The highest BCUT2D eigenvalue weighted by atomic mass is 15.2. The summed E-state index contributed by atoms with van der Waals surface area (Å²) in [6.07, 6.45) is 7.52. The Morgan fingerprint density at radius 1 is 1.26 bits per heavy atom. The van der Waals surface area contributed by atoms with Gasteiger partial charge in [0.25, 0.3) is 0 Å². The van der Waals surface area contributed by atoms with Crippen LogP contribution in [-0.4, -0.2) is 49.1 Å². The third-order valence-electron chi connectivity index (χ3n) is 5.09. The van der Waals surface area contributed by atoms with E-state index in [-0.39, 0.29) is 5.92 Å². The summed E-state index contributed by atoms with van der Waals surface area (Å²) in [6.45, 7) is 4.65. The van der Waals surface area contributed by atoms with E-state index in [9.17, 15) is 5.26 Å². The number of nitrogens with zero attached hydrogens (tertiary/aromatic N) is 3. The van der Waals surface area contributed by atoms with Gasteiger partial charge in [0.1, 0.15) is 0 Å². The lowest BCUT2D eigenvalue weighted by molar-refractivity contribution is 0.0780. The Balaban J connectivity index is 2.05. The van der Waals surface area contributed by atoms with E-state index < -0.39 is 0 Å². The van der Waals surface area contributed by atoms with Crippen molar-refractivity contribution in [2.75, 3.05) is 27.2 Å². The second-order valence-electron chi connectivity index (χ2n) is 6.69. The minimum absolute atomic E-state index is 0.269. The van der Waals surface area contributed by atoms with E-state index in [0.29, 0.717) is 12.1 Å². The highest BCUT2D eigenvalue weighted by molar-refractivity contribution is 5.00. The number of likely N-dealkylation sites (N-methyl/N-ethyl adjacent to an activating group) is 1. The van der Waals surface area contributed by atoms with E-state index in [1.54, 1.807) is 0 Å². The van der Waals surface area contributed by atoms with Crippen LogP contribution in [0.3, 0.4) is 0 Å². The average molecular weight is 263 g/mol. The first kappa shape index (κ1) is 14.8. The third kappa shape index (κ3) is 3.49. The minimum atomic E-state index is 0.269. The Morgan fingerprint density at radius 3 is 2.68 bits per heavy atom. The SMILES string of the molecule is CCC1CCC(C#N)C(N2CCCC2CN(C)C)C1. The molecule has 19 heavy (non-hydrogen) atoms. The van der Waals surface area contributed by atoms with Crippen molar-refractivity contribution in [3.63, 3.8) is 0 Å². The number of rotatable bonds is 4. The zero-order valence-electron chi connectivity index (χ0n) is 12.8. The molecular weight excluding hydrogens is 234 g/mol. The van der Waals surface area contributed by atoms with E-state index in [1.807, 2.05) is 0 Å². The molecule has 2 aliphatic rings. The van der Waals surface area contributed by atoms with Gasteiger partial charge in [0.15, 0.2) is 0 Å². The van der Waals surface area contributed by atoms with Crippen molar-refractivity contribution in [1.29, 1.82) is 5.26 Å². The molecule has 108 valence electrons. The van der Waals surface area contributed by atoms with Crippen LogP contribution in [0.2, 0.25) is 0 Å². The molecule has 2 rings (SSSR count). The van der Waals surface area contributed by atoms with Crippen LogP contribution in [0, 0.1) is 23.2 Å². The Morgan fingerprint density at radius 2 is 2.05 bits per heavy atom. The van der Waals surface area contributed by atoms with Gasteiger partial charge in [-0.2, -0.15) is 5.26 Å². The van der Waals surface area contributed by atoms with E-state index in [4.69, 9.17) is 0 Å². The van der Waals surface area contributed by atoms with Gasteiger partial charge in [-0.3, -0.25) is 4.90 Å². The van der Waals surface area contributed by atoms with Crippen molar-refractivity contribution in [3.05, 3.63) is 0 Å². The van der Waals surface area contributed by atoms with Crippen molar-refractivity contribution in [2.24, 2.45) is 11.8 Å². The van der Waals surface area contributed by atoms with E-state index in [1.165, 1.54) is 38.6 Å². The van der Waals surface area contributed by atoms with Crippen molar-refractivity contribution < 1.29 is 0 Å². The van der Waals surface area contributed by atoms with Crippen molar-refractivity contribution >= 4 is 0 Å². The second kappa shape index (κ2) is 6.72. The van der Waals surface area contributed by atoms with Crippen LogP contribution in [0.5, 0.6) is 0 Å². The van der Waals surface area contributed by atoms with Gasteiger partial charge in [0.05, 0.1) is 12.0 Å². The van der Waals surface area contributed by atoms with Gasteiger partial charge in [-0.15, -0.1) is 0 Å². The molecule has 0 aromatic rings. The molecule has 1 aliphatic heterocycles. The van der Waals surface area contributed by atoms with Crippen LogP contribution in [0.25, 0.3) is 0 Å². The Bertz CT molecular complexity index is 320. The van der Waals surface area contributed by atoms with E-state index in [0.717, 1.165) is 18.9 Å². The first-order valence-corrected chi connectivity index (χ1v) is 7.95. The minimum Gasteiger partial charge on any atom is -0.308 e. The molecule has 3 nitrogen and oxygen atoms in total. The van der Waals surface area contributed by atoms with Gasteiger partial charge in [-0.1, -0.05) is 13.3 Å². The third-order valence-corrected chi connectivity index (χ3v) is 5.09. The molecule has 0 N–H and O–H groups in total. The zero-order chi connectivity index (χ0) is 13.8. The van der Waals surface area contributed by atoms with Gasteiger partial charge in [0.2, 0.25) is 0 Å². The van der Waals surface area contributed by atoms with Gasteiger partial charge in [-0.05, 0) is 58.7 Å². The van der Waals surface area contributed by atoms with Gasteiger partial charge in [-0.25, -0.2) is 0 Å². The van der Waals surface area contributed by atoms with Crippen LogP contribution in [0.4, 0.5) is 0 Å². The van der Waals surface area contributed by atoms with Crippen molar-refractivity contribution in [3.8, 4) is 6.07 Å². The van der Waals surface area contributed by atoms with Crippen molar-refractivity contribution in [2.45, 2.75) is 57.5 Å². The summed E-state index contributed by atoms with van der Waals surface area (Å²) in [4.78, 5) is 4.97. The number of nitriles is 1. The Kier molecular flexibility index (Phi) is 5.24. The molecular formula is C16H29N3. The summed E-state index contributed by atoms with van der Waals surface area (Å²) in [5, 5.41) is 9.46. The van der Waals surface area contributed by atoms with Crippen LogP contribution in [0.15, 0.2) is 0 Å². The summed E-state index contributed by atoms with van der Waals surface area (Å²) in [5.41, 5.74) is 0. The average Bonchev–Trinajstić information content (AvgIpc) is 2.85. The fourth-order valence-corrected chi connectivity index (χ4v) is 4.03. The zero-order valence-corrected chi connectivity index (χ0v) is 12.8. The van der Waals surface area contributed by atoms with Gasteiger partial charge in [0, 0.05) is 18.6 Å². The Hall–Kier alpha value is -0.590. The summed E-state index contributed by atoms with van der Waals surface area (Å²) in [7, 11) is 4.32. The second-order valence-corrected chi connectivity index (χ2v) is 6.69. The number of hydrogen-bond donors (Lipinski definition) is 0. The smallest absolute Gasteiger partial charge is 0.0672 e. The Labute approximate surface area is 118 Å². The summed E-state index contributed by atoms with van der Waals surface area (Å²) in [6, 6.07) is 3.79. The molecule has 1 saturated heterocycles. The standard InChI is InChI=1S/C16H29N3/c1-4-13-7-8-14(11-17)16(10-13)19-9-5-6-15(19)12-18(2)3/h13-16H,4-10,12H2,1-3H3. The fourth-order valence-electron chi connectivity index (χ4n) is 4.03. The molecule has 0 amide bonds. The molecule has 0 aromatic carbocycles. The quantitative estimate of drug-likeness (QED) is 0.781. The highest BCUT2D eigenvalue weighted by Crippen LogP contribution is 2.36.